The van der Waals surface area contributed by atoms with Crippen LogP contribution in [0.1, 0.15) is 42.5 Å². The summed E-state index contributed by atoms with van der Waals surface area (Å²) in [5.41, 5.74) is -2.55. The van der Waals surface area contributed by atoms with Crippen molar-refractivity contribution < 1.29 is 36.7 Å². The van der Waals surface area contributed by atoms with Crippen LogP contribution in [0.2, 0.25) is 5.02 Å². The summed E-state index contributed by atoms with van der Waals surface area (Å²) in [6.45, 7) is 4.23. The van der Waals surface area contributed by atoms with Crippen LogP contribution in [0.4, 0.5) is 18.0 Å². The highest BCUT2D eigenvalue weighted by Crippen LogP contribution is 2.41. The van der Waals surface area contributed by atoms with Gasteiger partial charge in [-0.05, 0) is 32.9 Å². The number of hydrogen-bond acceptors (Lipinski definition) is 5. The van der Waals surface area contributed by atoms with Crippen molar-refractivity contribution in [2.24, 2.45) is 0 Å². The van der Waals surface area contributed by atoms with Crippen molar-refractivity contribution in [3.05, 3.63) is 34.0 Å². The highest BCUT2D eigenvalue weighted by atomic mass is 35.5. The molecule has 1 amide bonds. The summed E-state index contributed by atoms with van der Waals surface area (Å²) in [5.74, 6) is -1.49. The van der Waals surface area contributed by atoms with Crippen molar-refractivity contribution in [3.63, 3.8) is 0 Å². The van der Waals surface area contributed by atoms with Crippen molar-refractivity contribution in [1.82, 2.24) is 5.32 Å². The second-order valence-electron chi connectivity index (χ2n) is 6.58. The molecule has 2 rings (SSSR count). The molecular formula is C17H17ClF3NO5. The van der Waals surface area contributed by atoms with Gasteiger partial charge in [-0.3, -0.25) is 0 Å². The number of rotatable bonds is 3. The molecule has 0 bridgehead atoms. The number of halogens is 4. The van der Waals surface area contributed by atoms with Crippen LogP contribution in [0.5, 0.6) is 0 Å². The number of hydrogen-bond donors (Lipinski definition) is 1. The molecule has 0 aliphatic carbocycles. The minimum absolute atomic E-state index is 0.0964. The Hall–Kier alpha value is -2.42. The van der Waals surface area contributed by atoms with Gasteiger partial charge in [0.15, 0.2) is 0 Å². The lowest BCUT2D eigenvalue weighted by Crippen LogP contribution is -2.32. The molecule has 1 aromatic heterocycles. The standard InChI is InChI=1S/C17H17ClF3NO5/c1-16(2,3)27-15(24)22-7-11-12(17(19,20)21)9-5-8(18)6-10(13(9)26-11)14(23)25-4/h5-6H,7H2,1-4H3,(H,22,24). The van der Waals surface area contributed by atoms with Crippen LogP contribution in [0.15, 0.2) is 16.5 Å². The number of benzene rings is 1. The highest BCUT2D eigenvalue weighted by molar-refractivity contribution is 6.32. The Balaban J connectivity index is 2.52. The van der Waals surface area contributed by atoms with Gasteiger partial charge in [0.25, 0.3) is 0 Å². The largest absolute Gasteiger partial charge is 0.465 e. The summed E-state index contributed by atoms with van der Waals surface area (Å²) < 4.78 is 55.6. The molecular weight excluding hydrogens is 391 g/mol. The predicted molar refractivity (Wildman–Crippen MR) is 90.6 cm³/mol. The Morgan fingerprint density at radius 2 is 1.85 bits per heavy atom. The van der Waals surface area contributed by atoms with E-state index in [1.165, 1.54) is 0 Å². The molecule has 0 radical (unpaired) electrons. The Kier molecular flexibility index (Phi) is 5.65. The number of fused-ring (bicyclic) bond motifs is 1. The second kappa shape index (κ2) is 7.30. The number of methoxy groups -OCH3 is 1. The summed E-state index contributed by atoms with van der Waals surface area (Å²) in [6, 6.07) is 2.18. The molecule has 1 N–H and O–H groups in total. The van der Waals surface area contributed by atoms with Gasteiger partial charge in [0.05, 0.1) is 13.7 Å². The van der Waals surface area contributed by atoms with E-state index in [-0.39, 0.29) is 16.2 Å². The fourth-order valence-corrected chi connectivity index (χ4v) is 2.60. The number of ether oxygens (including phenoxy) is 2. The molecule has 27 heavy (non-hydrogen) atoms. The molecule has 1 aromatic carbocycles. The zero-order valence-corrected chi connectivity index (χ0v) is 15.7. The number of alkyl halides is 3. The SMILES string of the molecule is COC(=O)c1cc(Cl)cc2c(C(F)(F)F)c(CNC(=O)OC(C)(C)C)oc12. The number of carbonyl (C=O) groups excluding carboxylic acids is 2. The summed E-state index contributed by atoms with van der Waals surface area (Å²) in [7, 11) is 1.08. The smallest absolute Gasteiger partial charge is 0.420 e. The first kappa shape index (κ1) is 20.9. The van der Waals surface area contributed by atoms with Gasteiger partial charge in [-0.1, -0.05) is 11.6 Å². The predicted octanol–water partition coefficient (Wildman–Crippen LogP) is 4.92. The van der Waals surface area contributed by atoms with Crippen LogP contribution in [0.3, 0.4) is 0 Å². The molecule has 0 aliphatic heterocycles. The van der Waals surface area contributed by atoms with E-state index in [0.29, 0.717) is 0 Å². The van der Waals surface area contributed by atoms with E-state index in [1.54, 1.807) is 20.8 Å². The zero-order valence-electron chi connectivity index (χ0n) is 14.9. The maximum Gasteiger partial charge on any atom is 0.420 e. The quantitative estimate of drug-likeness (QED) is 0.731. The molecule has 10 heteroatoms. The topological polar surface area (TPSA) is 77.8 Å². The van der Waals surface area contributed by atoms with Crippen LogP contribution in [0.25, 0.3) is 11.0 Å². The number of furan rings is 1. The summed E-state index contributed by atoms with van der Waals surface area (Å²) in [5, 5.41) is 1.70. The molecule has 2 aromatic rings. The molecule has 0 fully saturated rings. The van der Waals surface area contributed by atoms with Crippen LogP contribution in [-0.4, -0.2) is 24.8 Å². The molecule has 6 nitrogen and oxygen atoms in total. The van der Waals surface area contributed by atoms with E-state index in [2.05, 4.69) is 10.1 Å². The first-order valence-electron chi connectivity index (χ1n) is 7.70. The van der Waals surface area contributed by atoms with Gasteiger partial charge in [0, 0.05) is 10.4 Å². The van der Waals surface area contributed by atoms with Gasteiger partial charge >= 0.3 is 18.2 Å². The summed E-state index contributed by atoms with van der Waals surface area (Å²) in [4.78, 5) is 23.6. The first-order valence-corrected chi connectivity index (χ1v) is 8.08. The lowest BCUT2D eigenvalue weighted by molar-refractivity contribution is -0.137. The molecule has 148 valence electrons. The minimum Gasteiger partial charge on any atom is -0.465 e. The van der Waals surface area contributed by atoms with Gasteiger partial charge in [-0.15, -0.1) is 0 Å². The van der Waals surface area contributed by atoms with Gasteiger partial charge in [0.2, 0.25) is 0 Å². The van der Waals surface area contributed by atoms with E-state index in [4.69, 9.17) is 20.8 Å². The zero-order chi connectivity index (χ0) is 20.6. The van der Waals surface area contributed by atoms with Gasteiger partial charge < -0.3 is 19.2 Å². The molecule has 0 saturated carbocycles. The second-order valence-corrected chi connectivity index (χ2v) is 7.01. The highest BCUT2D eigenvalue weighted by Gasteiger charge is 2.39. The van der Waals surface area contributed by atoms with Crippen LogP contribution in [-0.2, 0) is 22.2 Å². The first-order chi connectivity index (χ1) is 12.3. The monoisotopic (exact) mass is 407 g/mol. The van der Waals surface area contributed by atoms with Gasteiger partial charge in [-0.25, -0.2) is 9.59 Å². The Morgan fingerprint density at radius 1 is 1.22 bits per heavy atom. The van der Waals surface area contributed by atoms with Crippen LogP contribution in [0, 0.1) is 0 Å². The fourth-order valence-electron chi connectivity index (χ4n) is 2.38. The molecule has 0 spiro atoms. The van der Waals surface area contributed by atoms with Crippen LogP contribution >= 0.6 is 11.6 Å². The third-order valence-electron chi connectivity index (χ3n) is 3.31. The molecule has 0 aliphatic rings. The average Bonchev–Trinajstić information content (AvgIpc) is 2.87. The average molecular weight is 408 g/mol. The lowest BCUT2D eigenvalue weighted by atomic mass is 10.1. The van der Waals surface area contributed by atoms with E-state index in [1.807, 2.05) is 0 Å². The number of esters is 1. The van der Waals surface area contributed by atoms with Crippen molar-refractivity contribution >= 4 is 34.6 Å². The van der Waals surface area contributed by atoms with E-state index >= 15 is 0 Å². The van der Waals surface area contributed by atoms with Crippen LogP contribution < -0.4 is 5.32 Å². The molecule has 0 unspecified atom stereocenters. The van der Waals surface area contributed by atoms with Crippen molar-refractivity contribution in [3.8, 4) is 0 Å². The fraction of sp³-hybridized carbons (Fsp3) is 0.412. The minimum atomic E-state index is -4.81. The lowest BCUT2D eigenvalue weighted by Gasteiger charge is -2.19. The Morgan fingerprint density at radius 3 is 2.37 bits per heavy atom. The van der Waals surface area contributed by atoms with E-state index in [9.17, 15) is 22.8 Å². The van der Waals surface area contributed by atoms with Gasteiger partial charge in [-0.2, -0.15) is 13.2 Å². The molecule has 1 heterocycles. The number of nitrogens with one attached hydrogen (secondary N) is 1. The number of amides is 1. The number of alkyl carbamates (subject to hydrolysis) is 1. The maximum absolute atomic E-state index is 13.6. The Labute approximate surface area is 157 Å². The maximum atomic E-state index is 13.6. The molecule has 0 saturated heterocycles. The number of carbonyl (C=O) groups is 2. The van der Waals surface area contributed by atoms with Gasteiger partial charge in [0.1, 0.15) is 28.1 Å². The molecule has 0 atom stereocenters. The summed E-state index contributed by atoms with van der Waals surface area (Å²) >= 11 is 5.85. The van der Waals surface area contributed by atoms with Crippen molar-refractivity contribution in [2.75, 3.05) is 7.11 Å². The van der Waals surface area contributed by atoms with Crippen molar-refractivity contribution in [2.45, 2.75) is 39.1 Å². The van der Waals surface area contributed by atoms with Crippen molar-refractivity contribution in [1.29, 1.82) is 0 Å². The Bertz CT molecular complexity index is 883. The normalized spacial score (nSPS) is 12.1. The third-order valence-corrected chi connectivity index (χ3v) is 3.53. The van der Waals surface area contributed by atoms with E-state index < -0.39 is 47.1 Å². The summed E-state index contributed by atoms with van der Waals surface area (Å²) in [6.07, 6.45) is -5.73. The third kappa shape index (κ3) is 4.85. The van der Waals surface area contributed by atoms with E-state index in [0.717, 1.165) is 19.2 Å².